The van der Waals surface area contributed by atoms with Gasteiger partial charge in [0.05, 0.1) is 12.1 Å². The Morgan fingerprint density at radius 2 is 2.15 bits per heavy atom. The van der Waals surface area contributed by atoms with Crippen LogP contribution in [0.1, 0.15) is 11.4 Å². The molecule has 4 nitrogen and oxygen atoms in total. The second kappa shape index (κ2) is 3.06. The van der Waals surface area contributed by atoms with E-state index in [1.54, 1.807) is 0 Å². The van der Waals surface area contributed by atoms with Crippen molar-refractivity contribution >= 4 is 11.0 Å². The molecule has 0 amide bonds. The van der Waals surface area contributed by atoms with Crippen LogP contribution in [0.25, 0.3) is 11.0 Å². The summed E-state index contributed by atoms with van der Waals surface area (Å²) in [6.07, 6.45) is 0. The first-order valence-corrected chi connectivity index (χ1v) is 4.10. The standard InChI is InChI=1S/C9H10N4/c1-6-3-2-4-7-9(6)11-8(5-10)13-12-7/h2-4H,5,10H2,1H3. The number of benzene rings is 1. The van der Waals surface area contributed by atoms with Crippen LogP contribution < -0.4 is 5.73 Å². The van der Waals surface area contributed by atoms with Crippen LogP contribution in [0.15, 0.2) is 18.2 Å². The Labute approximate surface area is 75.8 Å². The highest BCUT2D eigenvalue weighted by molar-refractivity contribution is 5.76. The van der Waals surface area contributed by atoms with Crippen LogP contribution in [0.4, 0.5) is 0 Å². The van der Waals surface area contributed by atoms with Gasteiger partial charge in [-0.25, -0.2) is 4.98 Å². The van der Waals surface area contributed by atoms with Gasteiger partial charge in [0.1, 0.15) is 5.52 Å². The number of para-hydroxylation sites is 1. The summed E-state index contributed by atoms with van der Waals surface area (Å²) in [7, 11) is 0. The van der Waals surface area contributed by atoms with Crippen molar-refractivity contribution in [1.29, 1.82) is 0 Å². The lowest BCUT2D eigenvalue weighted by Gasteiger charge is -2.00. The van der Waals surface area contributed by atoms with Gasteiger partial charge in [-0.1, -0.05) is 12.1 Å². The van der Waals surface area contributed by atoms with E-state index >= 15 is 0 Å². The van der Waals surface area contributed by atoms with Gasteiger partial charge in [0.15, 0.2) is 5.82 Å². The largest absolute Gasteiger partial charge is 0.324 e. The summed E-state index contributed by atoms with van der Waals surface area (Å²) in [5, 5.41) is 7.90. The highest BCUT2D eigenvalue weighted by Crippen LogP contribution is 2.12. The predicted octanol–water partition coefficient (Wildman–Crippen LogP) is 0.792. The topological polar surface area (TPSA) is 64.7 Å². The van der Waals surface area contributed by atoms with E-state index in [9.17, 15) is 0 Å². The minimum absolute atomic E-state index is 0.331. The van der Waals surface area contributed by atoms with E-state index in [1.807, 2.05) is 25.1 Å². The van der Waals surface area contributed by atoms with Crippen molar-refractivity contribution in [3.05, 3.63) is 29.6 Å². The third kappa shape index (κ3) is 1.36. The lowest BCUT2D eigenvalue weighted by molar-refractivity contribution is 0.858. The van der Waals surface area contributed by atoms with Gasteiger partial charge in [-0.15, -0.1) is 10.2 Å². The molecular formula is C9H10N4. The van der Waals surface area contributed by atoms with Gasteiger partial charge in [-0.2, -0.15) is 0 Å². The predicted molar refractivity (Wildman–Crippen MR) is 50.0 cm³/mol. The van der Waals surface area contributed by atoms with E-state index in [0.717, 1.165) is 16.6 Å². The minimum atomic E-state index is 0.331. The Balaban J connectivity index is 2.74. The molecule has 0 fully saturated rings. The lowest BCUT2D eigenvalue weighted by atomic mass is 10.2. The Morgan fingerprint density at radius 1 is 1.31 bits per heavy atom. The molecular weight excluding hydrogens is 164 g/mol. The average Bonchev–Trinajstić information content (AvgIpc) is 2.18. The number of hydrogen-bond acceptors (Lipinski definition) is 4. The fourth-order valence-electron chi connectivity index (χ4n) is 1.22. The van der Waals surface area contributed by atoms with E-state index in [1.165, 1.54) is 0 Å². The summed E-state index contributed by atoms with van der Waals surface area (Å²) in [6.45, 7) is 2.33. The first kappa shape index (κ1) is 8.07. The molecule has 0 unspecified atom stereocenters. The van der Waals surface area contributed by atoms with Crippen molar-refractivity contribution in [2.45, 2.75) is 13.5 Å². The zero-order valence-electron chi connectivity index (χ0n) is 7.36. The number of nitrogens with zero attached hydrogens (tertiary/aromatic N) is 3. The number of hydrogen-bond donors (Lipinski definition) is 1. The Hall–Kier alpha value is -1.55. The molecule has 66 valence electrons. The monoisotopic (exact) mass is 174 g/mol. The molecule has 0 aliphatic carbocycles. The van der Waals surface area contributed by atoms with Gasteiger partial charge in [-0.05, 0) is 18.6 Å². The van der Waals surface area contributed by atoms with Crippen molar-refractivity contribution in [3.63, 3.8) is 0 Å². The Morgan fingerprint density at radius 3 is 2.92 bits per heavy atom. The number of rotatable bonds is 1. The molecule has 0 saturated heterocycles. The van der Waals surface area contributed by atoms with E-state index in [-0.39, 0.29) is 0 Å². The first-order chi connectivity index (χ1) is 6.31. The molecule has 0 radical (unpaired) electrons. The van der Waals surface area contributed by atoms with Crippen LogP contribution in [0.2, 0.25) is 0 Å². The Kier molecular flexibility index (Phi) is 1.90. The quantitative estimate of drug-likeness (QED) is 0.694. The molecule has 0 bridgehead atoms. The van der Waals surface area contributed by atoms with Crippen LogP contribution in [0, 0.1) is 6.92 Å². The molecule has 0 atom stereocenters. The van der Waals surface area contributed by atoms with Gasteiger partial charge in [0.2, 0.25) is 0 Å². The number of nitrogens with two attached hydrogens (primary N) is 1. The number of fused-ring (bicyclic) bond motifs is 1. The maximum absolute atomic E-state index is 5.43. The number of aryl methyl sites for hydroxylation is 1. The molecule has 2 aromatic rings. The lowest BCUT2D eigenvalue weighted by Crippen LogP contribution is -2.05. The van der Waals surface area contributed by atoms with Gasteiger partial charge in [0.25, 0.3) is 0 Å². The highest BCUT2D eigenvalue weighted by atomic mass is 15.2. The second-order valence-electron chi connectivity index (χ2n) is 2.87. The zero-order valence-corrected chi connectivity index (χ0v) is 7.36. The third-order valence-corrected chi connectivity index (χ3v) is 1.91. The van der Waals surface area contributed by atoms with Crippen LogP contribution >= 0.6 is 0 Å². The SMILES string of the molecule is Cc1cccc2nnc(CN)nc12. The molecule has 0 spiro atoms. The maximum atomic E-state index is 5.43. The van der Waals surface area contributed by atoms with E-state index in [2.05, 4.69) is 15.2 Å². The molecule has 0 saturated carbocycles. The van der Waals surface area contributed by atoms with E-state index in [4.69, 9.17) is 5.73 Å². The molecule has 2 rings (SSSR count). The summed E-state index contributed by atoms with van der Waals surface area (Å²) in [4.78, 5) is 4.29. The van der Waals surface area contributed by atoms with Crippen molar-refractivity contribution in [3.8, 4) is 0 Å². The highest BCUT2D eigenvalue weighted by Gasteiger charge is 2.01. The normalized spacial score (nSPS) is 10.6. The van der Waals surface area contributed by atoms with Crippen molar-refractivity contribution < 1.29 is 0 Å². The minimum Gasteiger partial charge on any atom is -0.324 e. The van der Waals surface area contributed by atoms with Crippen molar-refractivity contribution in [2.75, 3.05) is 0 Å². The van der Waals surface area contributed by atoms with Crippen molar-refractivity contribution in [2.24, 2.45) is 5.73 Å². The molecule has 0 aliphatic rings. The van der Waals surface area contributed by atoms with Gasteiger partial charge < -0.3 is 5.73 Å². The molecule has 1 heterocycles. The third-order valence-electron chi connectivity index (χ3n) is 1.91. The molecule has 2 N–H and O–H groups in total. The smallest absolute Gasteiger partial charge is 0.165 e. The molecule has 4 heteroatoms. The van der Waals surface area contributed by atoms with E-state index in [0.29, 0.717) is 12.4 Å². The number of aromatic nitrogens is 3. The molecule has 0 aliphatic heterocycles. The maximum Gasteiger partial charge on any atom is 0.165 e. The molecule has 1 aromatic heterocycles. The summed E-state index contributed by atoms with van der Waals surface area (Å²) in [5.74, 6) is 0.585. The van der Waals surface area contributed by atoms with E-state index < -0.39 is 0 Å². The fourth-order valence-corrected chi connectivity index (χ4v) is 1.22. The zero-order chi connectivity index (χ0) is 9.26. The fraction of sp³-hybridized carbons (Fsp3) is 0.222. The van der Waals surface area contributed by atoms with Crippen LogP contribution in [0.5, 0.6) is 0 Å². The van der Waals surface area contributed by atoms with Gasteiger partial charge in [-0.3, -0.25) is 0 Å². The van der Waals surface area contributed by atoms with Crippen LogP contribution in [0.3, 0.4) is 0 Å². The summed E-state index contributed by atoms with van der Waals surface area (Å²) < 4.78 is 0. The molecule has 1 aromatic carbocycles. The Bertz CT molecular complexity index is 439. The summed E-state index contributed by atoms with van der Waals surface area (Å²) in [6, 6.07) is 5.83. The van der Waals surface area contributed by atoms with Crippen LogP contribution in [-0.2, 0) is 6.54 Å². The average molecular weight is 174 g/mol. The summed E-state index contributed by atoms with van der Waals surface area (Å²) in [5.41, 5.74) is 8.23. The summed E-state index contributed by atoms with van der Waals surface area (Å²) >= 11 is 0. The van der Waals surface area contributed by atoms with Gasteiger partial charge >= 0.3 is 0 Å². The van der Waals surface area contributed by atoms with Crippen LogP contribution in [-0.4, -0.2) is 15.2 Å². The first-order valence-electron chi connectivity index (χ1n) is 4.10. The second-order valence-corrected chi connectivity index (χ2v) is 2.87. The molecule has 13 heavy (non-hydrogen) atoms. The van der Waals surface area contributed by atoms with Gasteiger partial charge in [0, 0.05) is 0 Å². The van der Waals surface area contributed by atoms with Crippen molar-refractivity contribution in [1.82, 2.24) is 15.2 Å².